The predicted octanol–water partition coefficient (Wildman–Crippen LogP) is 6.46. The first-order valence-electron chi connectivity index (χ1n) is 13.3. The van der Waals surface area contributed by atoms with Crippen LogP contribution in [0.2, 0.25) is 5.02 Å². The summed E-state index contributed by atoms with van der Waals surface area (Å²) >= 11 is 12.5. The lowest BCUT2D eigenvalue weighted by Crippen LogP contribution is -2.36. The molecule has 2 aromatic carbocycles. The summed E-state index contributed by atoms with van der Waals surface area (Å²) in [6, 6.07) is 22.9. The van der Waals surface area contributed by atoms with Gasteiger partial charge in [-0.1, -0.05) is 23.7 Å². The van der Waals surface area contributed by atoms with Crippen LogP contribution in [-0.4, -0.2) is 41.0 Å². The molecule has 0 amide bonds. The van der Waals surface area contributed by atoms with Gasteiger partial charge in [-0.15, -0.1) is 0 Å². The van der Waals surface area contributed by atoms with Crippen molar-refractivity contribution in [3.63, 3.8) is 0 Å². The van der Waals surface area contributed by atoms with Crippen LogP contribution in [-0.2, 0) is 4.74 Å². The van der Waals surface area contributed by atoms with Gasteiger partial charge in [-0.25, -0.2) is 0 Å². The third-order valence-corrected chi connectivity index (χ3v) is 8.60. The number of hydrogen-bond acceptors (Lipinski definition) is 4. The Balaban J connectivity index is 1.45. The minimum atomic E-state index is -0.105. The maximum atomic E-state index is 6.53. The Morgan fingerprint density at radius 3 is 2.41 bits per heavy atom. The highest BCUT2D eigenvalue weighted by atomic mass is 35.5. The standard InChI is InChI=1S/C31H32ClN5OS/c1-20-19-25(22(3)36(20)28-9-6-7-26(32)21(28)2)30-29(27-8-4-5-14-33-27)34-31(39)37(30)24-12-10-23(11-13-24)35-15-17-38-18-16-35/h4-14,19,29-30H,15-18H2,1-3H3,(H,34,39)/t29-,30-/m0/s1. The van der Waals surface area contributed by atoms with E-state index in [-0.39, 0.29) is 12.1 Å². The SMILES string of the molecule is Cc1c(Cl)cccc1-n1c(C)cc([C@H]2[C@H](c3ccccn3)NC(=S)N2c2ccc(N3CCOCC3)cc2)c1C. The van der Waals surface area contributed by atoms with E-state index in [9.17, 15) is 0 Å². The largest absolute Gasteiger partial charge is 0.378 e. The van der Waals surface area contributed by atoms with Gasteiger partial charge in [-0.2, -0.15) is 0 Å². The normalized spacial score (nSPS) is 19.4. The van der Waals surface area contributed by atoms with Crippen LogP contribution in [0.5, 0.6) is 0 Å². The fourth-order valence-electron chi connectivity index (χ4n) is 5.89. The van der Waals surface area contributed by atoms with Crippen molar-refractivity contribution in [2.24, 2.45) is 0 Å². The highest BCUT2D eigenvalue weighted by Crippen LogP contribution is 2.44. The molecule has 1 N–H and O–H groups in total. The Hall–Kier alpha value is -3.39. The molecule has 0 spiro atoms. The topological polar surface area (TPSA) is 45.6 Å². The van der Waals surface area contributed by atoms with E-state index in [2.05, 4.69) is 82.9 Å². The Bertz CT molecular complexity index is 1500. The molecule has 4 aromatic rings. The molecule has 2 fully saturated rings. The molecule has 0 unspecified atom stereocenters. The molecular formula is C31H32ClN5OS. The van der Waals surface area contributed by atoms with E-state index in [1.165, 1.54) is 11.3 Å². The molecule has 2 atom stereocenters. The van der Waals surface area contributed by atoms with Crippen molar-refractivity contribution in [3.05, 3.63) is 106 Å². The Labute approximate surface area is 240 Å². The molecule has 2 saturated heterocycles. The number of thiocarbonyl (C=S) groups is 1. The molecule has 0 aliphatic carbocycles. The zero-order chi connectivity index (χ0) is 27.1. The Kier molecular flexibility index (Phi) is 7.06. The summed E-state index contributed by atoms with van der Waals surface area (Å²) in [6.45, 7) is 9.73. The maximum Gasteiger partial charge on any atom is 0.174 e. The number of ether oxygens (including phenoxy) is 1. The number of pyridine rings is 1. The van der Waals surface area contributed by atoms with Gasteiger partial charge < -0.3 is 24.4 Å². The van der Waals surface area contributed by atoms with Crippen LogP contribution < -0.4 is 15.1 Å². The van der Waals surface area contributed by atoms with E-state index < -0.39 is 0 Å². The van der Waals surface area contributed by atoms with Gasteiger partial charge in [-0.3, -0.25) is 4.98 Å². The number of nitrogens with zero attached hydrogens (tertiary/aromatic N) is 4. The highest BCUT2D eigenvalue weighted by molar-refractivity contribution is 7.80. The van der Waals surface area contributed by atoms with Gasteiger partial charge >= 0.3 is 0 Å². The first-order valence-corrected chi connectivity index (χ1v) is 14.1. The molecule has 0 saturated carbocycles. The van der Waals surface area contributed by atoms with Crippen LogP contribution in [0.15, 0.2) is 72.9 Å². The number of halogens is 1. The molecule has 2 aliphatic rings. The molecule has 2 aliphatic heterocycles. The van der Waals surface area contributed by atoms with Crippen molar-refractivity contribution >= 4 is 40.3 Å². The summed E-state index contributed by atoms with van der Waals surface area (Å²) in [7, 11) is 0. The molecule has 8 heteroatoms. The molecule has 0 bridgehead atoms. The molecular weight excluding hydrogens is 526 g/mol. The van der Waals surface area contributed by atoms with Gasteiger partial charge in [-0.05, 0) is 98.7 Å². The summed E-state index contributed by atoms with van der Waals surface area (Å²) < 4.78 is 7.83. The Morgan fingerprint density at radius 2 is 1.69 bits per heavy atom. The Morgan fingerprint density at radius 1 is 0.949 bits per heavy atom. The monoisotopic (exact) mass is 557 g/mol. The quantitative estimate of drug-likeness (QED) is 0.284. The van der Waals surface area contributed by atoms with Crippen molar-refractivity contribution in [1.82, 2.24) is 14.9 Å². The van der Waals surface area contributed by atoms with Crippen molar-refractivity contribution in [2.75, 3.05) is 36.1 Å². The zero-order valence-corrected chi connectivity index (χ0v) is 24.0. The second-order valence-electron chi connectivity index (χ2n) is 10.2. The van der Waals surface area contributed by atoms with Crippen molar-refractivity contribution in [1.29, 1.82) is 0 Å². The van der Waals surface area contributed by atoms with Crippen molar-refractivity contribution < 1.29 is 4.74 Å². The lowest BCUT2D eigenvalue weighted by molar-refractivity contribution is 0.122. The van der Waals surface area contributed by atoms with Gasteiger partial charge in [0.05, 0.1) is 31.0 Å². The zero-order valence-electron chi connectivity index (χ0n) is 22.4. The highest BCUT2D eigenvalue weighted by Gasteiger charge is 2.42. The van der Waals surface area contributed by atoms with E-state index >= 15 is 0 Å². The van der Waals surface area contributed by atoms with Crippen LogP contribution in [0.25, 0.3) is 5.69 Å². The number of benzene rings is 2. The average Bonchev–Trinajstić information content (AvgIpc) is 3.46. The number of nitrogens with one attached hydrogen (secondary N) is 1. The van der Waals surface area contributed by atoms with E-state index in [1.807, 2.05) is 30.5 Å². The number of aryl methyl sites for hydroxylation is 1. The molecule has 39 heavy (non-hydrogen) atoms. The van der Waals surface area contributed by atoms with Crippen LogP contribution in [0.3, 0.4) is 0 Å². The van der Waals surface area contributed by atoms with E-state index in [1.54, 1.807) is 0 Å². The van der Waals surface area contributed by atoms with Gasteiger partial charge in [0.15, 0.2) is 5.11 Å². The van der Waals surface area contributed by atoms with Gasteiger partial charge in [0.25, 0.3) is 0 Å². The lowest BCUT2D eigenvalue weighted by atomic mass is 9.96. The van der Waals surface area contributed by atoms with Gasteiger partial charge in [0.1, 0.15) is 0 Å². The predicted molar refractivity (Wildman–Crippen MR) is 162 cm³/mol. The van der Waals surface area contributed by atoms with Crippen molar-refractivity contribution in [2.45, 2.75) is 32.9 Å². The number of anilines is 2. The van der Waals surface area contributed by atoms with Gasteiger partial charge in [0, 0.05) is 52.8 Å². The summed E-state index contributed by atoms with van der Waals surface area (Å²) in [6.07, 6.45) is 1.84. The molecule has 200 valence electrons. The molecule has 0 radical (unpaired) electrons. The fraction of sp³-hybridized carbons (Fsp3) is 0.290. The van der Waals surface area contributed by atoms with Crippen LogP contribution in [0.4, 0.5) is 11.4 Å². The number of morpholine rings is 1. The third kappa shape index (κ3) is 4.69. The van der Waals surface area contributed by atoms with Gasteiger partial charge in [0.2, 0.25) is 0 Å². The first kappa shape index (κ1) is 25.9. The summed E-state index contributed by atoms with van der Waals surface area (Å²) in [5.41, 5.74) is 8.87. The fourth-order valence-corrected chi connectivity index (χ4v) is 6.41. The summed E-state index contributed by atoms with van der Waals surface area (Å²) in [5.74, 6) is 0. The van der Waals surface area contributed by atoms with Crippen LogP contribution in [0, 0.1) is 20.8 Å². The first-order chi connectivity index (χ1) is 18.9. The smallest absolute Gasteiger partial charge is 0.174 e. The van der Waals surface area contributed by atoms with Crippen LogP contribution >= 0.6 is 23.8 Å². The van der Waals surface area contributed by atoms with Crippen molar-refractivity contribution in [3.8, 4) is 5.69 Å². The maximum absolute atomic E-state index is 6.53. The number of hydrogen-bond donors (Lipinski definition) is 1. The van der Waals surface area contributed by atoms with E-state index in [0.29, 0.717) is 5.11 Å². The second-order valence-corrected chi connectivity index (χ2v) is 11.0. The number of rotatable bonds is 5. The molecule has 6 rings (SSSR count). The number of aromatic nitrogens is 2. The lowest BCUT2D eigenvalue weighted by Gasteiger charge is -2.31. The minimum Gasteiger partial charge on any atom is -0.378 e. The summed E-state index contributed by atoms with van der Waals surface area (Å²) in [4.78, 5) is 9.33. The second kappa shape index (κ2) is 10.6. The molecule has 4 heterocycles. The summed E-state index contributed by atoms with van der Waals surface area (Å²) in [5, 5.41) is 5.05. The molecule has 2 aromatic heterocycles. The van der Waals surface area contributed by atoms with E-state index in [4.69, 9.17) is 33.5 Å². The average molecular weight is 558 g/mol. The molecule has 6 nitrogen and oxygen atoms in total. The van der Waals surface area contributed by atoms with Crippen LogP contribution in [0.1, 0.15) is 40.3 Å². The third-order valence-electron chi connectivity index (χ3n) is 7.87. The van der Waals surface area contributed by atoms with E-state index in [0.717, 1.165) is 65.3 Å². The minimum absolute atomic E-state index is 0.0823.